The molecule has 0 amide bonds. The molecule has 3 nitrogen and oxygen atoms in total. The largest absolute Gasteiger partial charge is 0.506 e. The number of hydrogen-bond acceptors (Lipinski definition) is 3. The highest BCUT2D eigenvalue weighted by molar-refractivity contribution is 9.10. The van der Waals surface area contributed by atoms with Crippen molar-refractivity contribution in [1.82, 2.24) is 10.2 Å². The monoisotopic (exact) mass is 314 g/mol. The van der Waals surface area contributed by atoms with Crippen LogP contribution < -0.4 is 5.32 Å². The first kappa shape index (κ1) is 13.5. The van der Waals surface area contributed by atoms with E-state index in [4.69, 9.17) is 0 Å². The normalized spacial score (nSPS) is 18.6. The molecule has 1 aromatic rings. The van der Waals surface area contributed by atoms with Gasteiger partial charge in [-0.05, 0) is 22.0 Å². The summed E-state index contributed by atoms with van der Waals surface area (Å²) in [5, 5.41) is 13.3. The summed E-state index contributed by atoms with van der Waals surface area (Å²) in [6.07, 6.45) is 1.78. The van der Waals surface area contributed by atoms with E-state index < -0.39 is 5.82 Å². The van der Waals surface area contributed by atoms with Crippen molar-refractivity contribution < 1.29 is 9.50 Å². The number of piperazine rings is 1. The molecule has 1 aliphatic heterocycles. The van der Waals surface area contributed by atoms with Gasteiger partial charge in [-0.3, -0.25) is 4.90 Å². The first-order valence-electron chi connectivity index (χ1n) is 5.89. The summed E-state index contributed by atoms with van der Waals surface area (Å²) in [6, 6.07) is 2.88. The second-order valence-electron chi connectivity index (χ2n) is 4.27. The van der Waals surface area contributed by atoms with Gasteiger partial charge in [-0.15, -0.1) is 6.58 Å². The third-order valence-electron chi connectivity index (χ3n) is 3.19. The van der Waals surface area contributed by atoms with Crippen LogP contribution in [0.3, 0.4) is 0 Å². The number of aromatic hydroxyl groups is 1. The van der Waals surface area contributed by atoms with Crippen LogP contribution in [0.2, 0.25) is 0 Å². The summed E-state index contributed by atoms with van der Waals surface area (Å²) in [7, 11) is 0. The van der Waals surface area contributed by atoms with Gasteiger partial charge in [0.1, 0.15) is 11.6 Å². The number of hydrogen-bond donors (Lipinski definition) is 2. The van der Waals surface area contributed by atoms with Gasteiger partial charge in [0.25, 0.3) is 0 Å². The zero-order chi connectivity index (χ0) is 13.1. The minimum atomic E-state index is -0.459. The molecule has 98 valence electrons. The highest BCUT2D eigenvalue weighted by atomic mass is 79.9. The molecular formula is C13H16BrFN2O. The van der Waals surface area contributed by atoms with E-state index in [2.05, 4.69) is 32.7 Å². The molecule has 18 heavy (non-hydrogen) atoms. The highest BCUT2D eigenvalue weighted by Crippen LogP contribution is 2.36. The van der Waals surface area contributed by atoms with Gasteiger partial charge in [0.2, 0.25) is 0 Å². The molecule has 0 aliphatic carbocycles. The number of rotatable bonds is 3. The van der Waals surface area contributed by atoms with Crippen molar-refractivity contribution in [3.05, 3.63) is 40.6 Å². The first-order chi connectivity index (χ1) is 8.65. The smallest absolute Gasteiger partial charge is 0.141 e. The van der Waals surface area contributed by atoms with Crippen LogP contribution in [0.15, 0.2) is 29.3 Å². The van der Waals surface area contributed by atoms with Gasteiger partial charge in [0.15, 0.2) is 0 Å². The molecule has 1 fully saturated rings. The minimum absolute atomic E-state index is 0.0431. The van der Waals surface area contributed by atoms with Crippen LogP contribution in [0, 0.1) is 5.82 Å². The Labute approximate surface area is 114 Å². The van der Waals surface area contributed by atoms with E-state index in [1.165, 1.54) is 6.07 Å². The Kier molecular flexibility index (Phi) is 4.37. The molecule has 0 spiro atoms. The first-order valence-corrected chi connectivity index (χ1v) is 6.68. The van der Waals surface area contributed by atoms with Gasteiger partial charge >= 0.3 is 0 Å². The van der Waals surface area contributed by atoms with Crippen LogP contribution in [0.4, 0.5) is 4.39 Å². The van der Waals surface area contributed by atoms with E-state index in [0.717, 1.165) is 26.2 Å². The molecule has 2 N–H and O–H groups in total. The van der Waals surface area contributed by atoms with Gasteiger partial charge in [-0.1, -0.05) is 12.1 Å². The van der Waals surface area contributed by atoms with Gasteiger partial charge in [-0.2, -0.15) is 0 Å². The number of benzene rings is 1. The van der Waals surface area contributed by atoms with E-state index in [1.54, 1.807) is 12.1 Å². The van der Waals surface area contributed by atoms with Crippen LogP contribution in [-0.2, 0) is 0 Å². The molecule has 0 radical (unpaired) electrons. The fourth-order valence-corrected chi connectivity index (χ4v) is 2.59. The number of nitrogens with zero attached hydrogens (tertiary/aromatic N) is 1. The van der Waals surface area contributed by atoms with Crippen LogP contribution in [0.5, 0.6) is 5.75 Å². The summed E-state index contributed by atoms with van der Waals surface area (Å²) in [4.78, 5) is 2.21. The molecule has 0 saturated carbocycles. The molecule has 0 aromatic heterocycles. The van der Waals surface area contributed by atoms with Crippen molar-refractivity contribution in [2.75, 3.05) is 26.2 Å². The zero-order valence-electron chi connectivity index (χ0n) is 10.00. The third-order valence-corrected chi connectivity index (χ3v) is 3.94. The summed E-state index contributed by atoms with van der Waals surface area (Å²) in [6.45, 7) is 7.40. The second kappa shape index (κ2) is 5.82. The fourth-order valence-electron chi connectivity index (χ4n) is 2.23. The quantitative estimate of drug-likeness (QED) is 0.841. The van der Waals surface area contributed by atoms with Crippen LogP contribution >= 0.6 is 15.9 Å². The maximum Gasteiger partial charge on any atom is 0.141 e. The summed E-state index contributed by atoms with van der Waals surface area (Å²) in [5.41, 5.74) is 0.681. The molecular weight excluding hydrogens is 299 g/mol. The van der Waals surface area contributed by atoms with Crippen molar-refractivity contribution in [3.8, 4) is 5.75 Å². The summed E-state index contributed by atoms with van der Waals surface area (Å²) < 4.78 is 13.4. The van der Waals surface area contributed by atoms with Crippen LogP contribution in [0.1, 0.15) is 11.6 Å². The van der Waals surface area contributed by atoms with Crippen molar-refractivity contribution in [1.29, 1.82) is 0 Å². The van der Waals surface area contributed by atoms with E-state index in [9.17, 15) is 9.50 Å². The molecule has 0 unspecified atom stereocenters. The average molecular weight is 315 g/mol. The average Bonchev–Trinajstić information content (AvgIpc) is 2.41. The van der Waals surface area contributed by atoms with Crippen molar-refractivity contribution >= 4 is 15.9 Å². The highest BCUT2D eigenvalue weighted by Gasteiger charge is 2.23. The predicted molar refractivity (Wildman–Crippen MR) is 73.1 cm³/mol. The standard InChI is InChI=1S/C13H16BrFN2O/c1-2-11(17-7-5-16-6-8-17)9-3-4-10(15)12(14)13(9)18/h2-4,11,16,18H,1,5-8H2/t11-/m1/s1. The van der Waals surface area contributed by atoms with Gasteiger partial charge in [-0.25, -0.2) is 4.39 Å². The molecule has 1 aromatic carbocycles. The van der Waals surface area contributed by atoms with E-state index in [0.29, 0.717) is 5.56 Å². The van der Waals surface area contributed by atoms with E-state index >= 15 is 0 Å². The van der Waals surface area contributed by atoms with Crippen LogP contribution in [-0.4, -0.2) is 36.2 Å². The molecule has 1 saturated heterocycles. The van der Waals surface area contributed by atoms with Crippen LogP contribution in [0.25, 0.3) is 0 Å². The van der Waals surface area contributed by atoms with E-state index in [-0.39, 0.29) is 16.3 Å². The SMILES string of the molecule is C=C[C@H](c1ccc(F)c(Br)c1O)N1CCNCC1. The minimum Gasteiger partial charge on any atom is -0.506 e. The number of phenolic OH excluding ortho intramolecular Hbond substituents is 1. The summed E-state index contributed by atoms with van der Waals surface area (Å²) >= 11 is 3.06. The molecule has 2 rings (SSSR count). The van der Waals surface area contributed by atoms with Crippen molar-refractivity contribution in [2.24, 2.45) is 0 Å². The lowest BCUT2D eigenvalue weighted by molar-refractivity contribution is 0.200. The molecule has 1 heterocycles. The topological polar surface area (TPSA) is 35.5 Å². The van der Waals surface area contributed by atoms with Gasteiger partial charge < -0.3 is 10.4 Å². The summed E-state index contributed by atoms with van der Waals surface area (Å²) in [5.74, 6) is -0.502. The maximum atomic E-state index is 13.3. The Morgan fingerprint density at radius 3 is 2.72 bits per heavy atom. The molecule has 1 aliphatic rings. The van der Waals surface area contributed by atoms with E-state index in [1.807, 2.05) is 0 Å². The van der Waals surface area contributed by atoms with Gasteiger partial charge in [0.05, 0.1) is 10.5 Å². The molecule has 5 heteroatoms. The third kappa shape index (κ3) is 2.58. The lowest BCUT2D eigenvalue weighted by Gasteiger charge is -2.33. The fraction of sp³-hybridized carbons (Fsp3) is 0.385. The number of phenols is 1. The molecule has 0 bridgehead atoms. The maximum absolute atomic E-state index is 13.3. The number of halogens is 2. The predicted octanol–water partition coefficient (Wildman–Crippen LogP) is 2.43. The Balaban J connectivity index is 2.32. The molecule has 1 atom stereocenters. The van der Waals surface area contributed by atoms with Crippen molar-refractivity contribution in [2.45, 2.75) is 6.04 Å². The van der Waals surface area contributed by atoms with Crippen molar-refractivity contribution in [3.63, 3.8) is 0 Å². The second-order valence-corrected chi connectivity index (χ2v) is 5.06. The Bertz CT molecular complexity index is 447. The lowest BCUT2D eigenvalue weighted by Crippen LogP contribution is -2.44. The van der Waals surface area contributed by atoms with Gasteiger partial charge in [0, 0.05) is 31.7 Å². The lowest BCUT2D eigenvalue weighted by atomic mass is 10.0. The zero-order valence-corrected chi connectivity index (χ0v) is 11.6. The Morgan fingerprint density at radius 2 is 2.11 bits per heavy atom. The Morgan fingerprint density at radius 1 is 1.44 bits per heavy atom. The number of nitrogens with one attached hydrogen (secondary N) is 1. The Hall–Kier alpha value is -0.910.